The largest absolute Gasteiger partial charge is 0.490 e. The summed E-state index contributed by atoms with van der Waals surface area (Å²) in [7, 11) is 0. The lowest BCUT2D eigenvalue weighted by atomic mass is 10.2. The zero-order valence-corrected chi connectivity index (χ0v) is 18.5. The number of amides is 4. The van der Waals surface area contributed by atoms with Crippen LogP contribution in [0.3, 0.4) is 0 Å². The quantitative estimate of drug-likeness (QED) is 0.438. The van der Waals surface area contributed by atoms with Crippen LogP contribution in [-0.2, 0) is 20.9 Å². The Morgan fingerprint density at radius 3 is 2.24 bits per heavy atom. The van der Waals surface area contributed by atoms with Gasteiger partial charge in [-0.3, -0.25) is 19.7 Å². The van der Waals surface area contributed by atoms with Gasteiger partial charge in [-0.2, -0.15) is 0 Å². The topological polar surface area (TPSA) is 132 Å². The Kier molecular flexibility index (Phi) is 10.2. The Balaban J connectivity index is 1.72. The van der Waals surface area contributed by atoms with Crippen molar-refractivity contribution in [3.05, 3.63) is 59.7 Å². The predicted molar refractivity (Wildman–Crippen MR) is 119 cm³/mol. The van der Waals surface area contributed by atoms with Gasteiger partial charge in [0.25, 0.3) is 11.8 Å². The summed E-state index contributed by atoms with van der Waals surface area (Å²) in [4.78, 5) is 47.6. The van der Waals surface area contributed by atoms with Crippen LogP contribution in [-0.4, -0.2) is 50.2 Å². The summed E-state index contributed by atoms with van der Waals surface area (Å²) >= 11 is 0. The molecule has 0 aliphatic carbocycles. The highest BCUT2D eigenvalue weighted by Gasteiger charge is 2.14. The molecule has 0 saturated carbocycles. The zero-order valence-electron chi connectivity index (χ0n) is 18.5. The van der Waals surface area contributed by atoms with Gasteiger partial charge >= 0.3 is 12.0 Å². The maximum Gasteiger partial charge on any atom is 0.325 e. The third-order valence-corrected chi connectivity index (χ3v) is 4.11. The number of benzene rings is 2. The van der Waals surface area contributed by atoms with E-state index >= 15 is 0 Å². The fourth-order valence-corrected chi connectivity index (χ4v) is 2.63. The van der Waals surface area contributed by atoms with Crippen molar-refractivity contribution in [2.45, 2.75) is 20.4 Å². The molecule has 0 spiro atoms. The summed E-state index contributed by atoms with van der Waals surface area (Å²) in [6.45, 7) is 3.60. The Labute approximate surface area is 191 Å². The zero-order chi connectivity index (χ0) is 24.1. The molecule has 4 amide bonds. The van der Waals surface area contributed by atoms with Gasteiger partial charge in [0.15, 0.2) is 18.1 Å². The Morgan fingerprint density at radius 1 is 0.848 bits per heavy atom. The lowest BCUT2D eigenvalue weighted by Crippen LogP contribution is -2.41. The summed E-state index contributed by atoms with van der Waals surface area (Å²) in [5, 5.41) is 6.97. The number of hydrogen-bond donors (Lipinski definition) is 3. The molecule has 2 rings (SSSR count). The van der Waals surface area contributed by atoms with E-state index in [1.807, 2.05) is 44.2 Å². The molecule has 0 bridgehead atoms. The van der Waals surface area contributed by atoms with E-state index in [2.05, 4.69) is 16.0 Å². The van der Waals surface area contributed by atoms with Gasteiger partial charge in [0.05, 0.1) is 13.2 Å². The molecule has 0 saturated heterocycles. The highest BCUT2D eigenvalue weighted by molar-refractivity contribution is 5.97. The first-order chi connectivity index (χ1) is 15.9. The van der Waals surface area contributed by atoms with E-state index in [1.165, 1.54) is 12.1 Å². The second-order valence-electron chi connectivity index (χ2n) is 6.59. The molecule has 0 fully saturated rings. The lowest BCUT2D eigenvalue weighted by Gasteiger charge is -2.12. The molecule has 10 nitrogen and oxygen atoms in total. The smallest absolute Gasteiger partial charge is 0.325 e. The number of esters is 1. The van der Waals surface area contributed by atoms with Gasteiger partial charge in [-0.25, -0.2) is 4.79 Å². The summed E-state index contributed by atoms with van der Waals surface area (Å²) in [5.41, 5.74) is 1.13. The monoisotopic (exact) mass is 457 g/mol. The minimum Gasteiger partial charge on any atom is -0.490 e. The van der Waals surface area contributed by atoms with E-state index in [0.29, 0.717) is 24.7 Å². The Bertz CT molecular complexity index is 964. The maximum atomic E-state index is 12.3. The van der Waals surface area contributed by atoms with Crippen LogP contribution in [0.4, 0.5) is 4.79 Å². The summed E-state index contributed by atoms with van der Waals surface area (Å²) in [6, 6.07) is 13.1. The van der Waals surface area contributed by atoms with Crippen LogP contribution in [0.5, 0.6) is 11.5 Å². The van der Waals surface area contributed by atoms with Gasteiger partial charge in [0.1, 0.15) is 6.54 Å². The van der Waals surface area contributed by atoms with Crippen molar-refractivity contribution in [2.75, 3.05) is 26.4 Å². The fraction of sp³-hybridized carbons (Fsp3) is 0.304. The molecule has 0 radical (unpaired) electrons. The van der Waals surface area contributed by atoms with Crippen molar-refractivity contribution >= 4 is 23.8 Å². The summed E-state index contributed by atoms with van der Waals surface area (Å²) < 4.78 is 15.7. The van der Waals surface area contributed by atoms with Crippen molar-refractivity contribution < 1.29 is 33.4 Å². The molecule has 0 heterocycles. The van der Waals surface area contributed by atoms with Crippen LogP contribution < -0.4 is 25.4 Å². The van der Waals surface area contributed by atoms with Gasteiger partial charge < -0.3 is 24.8 Å². The summed E-state index contributed by atoms with van der Waals surface area (Å²) in [6.07, 6.45) is 0. The fourth-order valence-electron chi connectivity index (χ4n) is 2.63. The molecule has 0 aliphatic rings. The molecule has 176 valence electrons. The van der Waals surface area contributed by atoms with Crippen molar-refractivity contribution in [2.24, 2.45) is 0 Å². The van der Waals surface area contributed by atoms with Gasteiger partial charge in [-0.1, -0.05) is 30.3 Å². The van der Waals surface area contributed by atoms with Gasteiger partial charge in [0.2, 0.25) is 0 Å². The maximum absolute atomic E-state index is 12.3. The molecule has 0 aliphatic heterocycles. The number of rotatable bonds is 11. The van der Waals surface area contributed by atoms with Gasteiger partial charge in [-0.05, 0) is 37.6 Å². The number of ether oxygens (including phenoxy) is 3. The summed E-state index contributed by atoms with van der Waals surface area (Å²) in [5.74, 6) is -1.24. The van der Waals surface area contributed by atoms with E-state index < -0.39 is 37.0 Å². The normalized spacial score (nSPS) is 10.0. The molecule has 10 heteroatoms. The number of urea groups is 1. The Hall–Kier alpha value is -4.08. The van der Waals surface area contributed by atoms with Gasteiger partial charge in [-0.15, -0.1) is 0 Å². The first-order valence-corrected chi connectivity index (χ1v) is 10.4. The number of carbonyl (C=O) groups excluding carboxylic acids is 4. The first kappa shape index (κ1) is 25.2. The number of imide groups is 1. The van der Waals surface area contributed by atoms with Crippen LogP contribution in [0.15, 0.2) is 48.5 Å². The molecule has 2 aromatic rings. The van der Waals surface area contributed by atoms with E-state index in [1.54, 1.807) is 6.07 Å². The first-order valence-electron chi connectivity index (χ1n) is 10.4. The van der Waals surface area contributed by atoms with Crippen molar-refractivity contribution in [3.63, 3.8) is 0 Å². The highest BCUT2D eigenvalue weighted by atomic mass is 16.5. The van der Waals surface area contributed by atoms with E-state index in [-0.39, 0.29) is 12.1 Å². The molecule has 2 aromatic carbocycles. The molecule has 0 aromatic heterocycles. The third kappa shape index (κ3) is 8.90. The van der Waals surface area contributed by atoms with Crippen molar-refractivity contribution in [1.82, 2.24) is 16.0 Å². The minimum absolute atomic E-state index is 0.238. The average Bonchev–Trinajstić information content (AvgIpc) is 2.82. The molecule has 3 N–H and O–H groups in total. The van der Waals surface area contributed by atoms with Crippen LogP contribution in [0.2, 0.25) is 0 Å². The van der Waals surface area contributed by atoms with E-state index in [0.717, 1.165) is 5.56 Å². The van der Waals surface area contributed by atoms with Gasteiger partial charge in [0, 0.05) is 12.1 Å². The minimum atomic E-state index is -0.834. The SMILES string of the molecule is CCOc1ccc(C(=O)NCC(=O)OCC(=O)NC(=O)NCc2ccccc2)cc1OCC. The highest BCUT2D eigenvalue weighted by Crippen LogP contribution is 2.28. The predicted octanol–water partition coefficient (Wildman–Crippen LogP) is 1.78. The van der Waals surface area contributed by atoms with Crippen LogP contribution in [0.1, 0.15) is 29.8 Å². The number of carbonyl (C=O) groups is 4. The van der Waals surface area contributed by atoms with Crippen LogP contribution in [0, 0.1) is 0 Å². The molecular weight excluding hydrogens is 430 g/mol. The molecule has 33 heavy (non-hydrogen) atoms. The van der Waals surface area contributed by atoms with Crippen molar-refractivity contribution in [1.29, 1.82) is 0 Å². The molecule has 0 unspecified atom stereocenters. The number of nitrogens with one attached hydrogen (secondary N) is 3. The molecule has 0 atom stereocenters. The second kappa shape index (κ2) is 13.4. The van der Waals surface area contributed by atoms with Crippen LogP contribution >= 0.6 is 0 Å². The van der Waals surface area contributed by atoms with Crippen molar-refractivity contribution in [3.8, 4) is 11.5 Å². The number of hydrogen-bond acceptors (Lipinski definition) is 7. The molecular formula is C23H27N3O7. The van der Waals surface area contributed by atoms with Crippen LogP contribution in [0.25, 0.3) is 0 Å². The lowest BCUT2D eigenvalue weighted by molar-refractivity contribution is -0.147. The van der Waals surface area contributed by atoms with E-state index in [9.17, 15) is 19.2 Å². The average molecular weight is 457 g/mol. The Morgan fingerprint density at radius 2 is 1.55 bits per heavy atom. The van der Waals surface area contributed by atoms with E-state index in [4.69, 9.17) is 14.2 Å². The third-order valence-electron chi connectivity index (χ3n) is 4.11. The standard InChI is InChI=1S/C23H27N3O7/c1-3-31-18-11-10-17(12-19(18)32-4-2)22(29)24-14-21(28)33-15-20(27)26-23(30)25-13-16-8-6-5-7-9-16/h5-12H,3-4,13-15H2,1-2H3,(H,24,29)(H2,25,26,27,30). The second-order valence-corrected chi connectivity index (χ2v) is 6.59.